The number of hydrogen-bond acceptors (Lipinski definition) is 3. The maximum atomic E-state index is 11.2. The number of piperidine rings is 1. The van der Waals surface area contributed by atoms with Crippen molar-refractivity contribution in [2.24, 2.45) is 11.7 Å². The molecule has 4 nitrogen and oxygen atoms in total. The number of nitrogens with one attached hydrogen (secondary N) is 1. The van der Waals surface area contributed by atoms with Crippen LogP contribution in [0.2, 0.25) is 0 Å². The predicted molar refractivity (Wildman–Crippen MR) is 87.1 cm³/mol. The van der Waals surface area contributed by atoms with Gasteiger partial charge in [-0.1, -0.05) is 39.0 Å². The molecular weight excluding hydrogens is 262 g/mol. The molecule has 4 heteroatoms. The molecule has 2 atom stereocenters. The van der Waals surface area contributed by atoms with Crippen LogP contribution in [0.1, 0.15) is 64.7 Å². The van der Waals surface area contributed by atoms with E-state index in [1.54, 1.807) is 0 Å². The zero-order valence-electron chi connectivity index (χ0n) is 13.7. The highest BCUT2D eigenvalue weighted by Gasteiger charge is 2.29. The van der Waals surface area contributed by atoms with Gasteiger partial charge in [-0.3, -0.25) is 9.69 Å². The van der Waals surface area contributed by atoms with Crippen molar-refractivity contribution in [3.05, 3.63) is 0 Å². The summed E-state index contributed by atoms with van der Waals surface area (Å²) in [6, 6.07) is 1.24. The lowest BCUT2D eigenvalue weighted by molar-refractivity contribution is -0.119. The van der Waals surface area contributed by atoms with Crippen LogP contribution in [0, 0.1) is 5.92 Å². The second kappa shape index (κ2) is 8.74. The minimum absolute atomic E-state index is 0.192. The Bertz CT molecular complexity index is 315. The summed E-state index contributed by atoms with van der Waals surface area (Å²) in [5.41, 5.74) is 5.40. The number of unbranched alkanes of at least 4 members (excludes halogenated alkanes) is 1. The van der Waals surface area contributed by atoms with Gasteiger partial charge in [0.25, 0.3) is 0 Å². The normalized spacial score (nSPS) is 28.6. The second-order valence-electron chi connectivity index (χ2n) is 7.10. The number of nitrogens with zero attached hydrogens (tertiary/aromatic N) is 1. The topological polar surface area (TPSA) is 58.4 Å². The fourth-order valence-electron chi connectivity index (χ4n) is 4.08. The Labute approximate surface area is 129 Å². The molecule has 0 bridgehead atoms. The van der Waals surface area contributed by atoms with E-state index in [0.717, 1.165) is 19.0 Å². The molecule has 0 aromatic rings. The molecule has 0 radical (unpaired) electrons. The van der Waals surface area contributed by atoms with Crippen LogP contribution in [0.5, 0.6) is 0 Å². The molecule has 2 unspecified atom stereocenters. The van der Waals surface area contributed by atoms with Gasteiger partial charge in [0, 0.05) is 25.2 Å². The Hall–Kier alpha value is -0.610. The smallest absolute Gasteiger partial charge is 0.231 e. The van der Waals surface area contributed by atoms with E-state index in [9.17, 15) is 4.79 Å². The molecule has 122 valence electrons. The van der Waals surface area contributed by atoms with Gasteiger partial charge >= 0.3 is 0 Å². The lowest BCUT2D eigenvalue weighted by Crippen LogP contribution is -2.53. The summed E-state index contributed by atoms with van der Waals surface area (Å²) in [5, 5.41) is 3.87. The van der Waals surface area contributed by atoms with Crippen molar-refractivity contribution in [1.82, 2.24) is 10.2 Å². The molecule has 0 spiro atoms. The zero-order valence-corrected chi connectivity index (χ0v) is 13.7. The van der Waals surface area contributed by atoms with Crippen molar-refractivity contribution in [3.8, 4) is 0 Å². The fraction of sp³-hybridized carbons (Fsp3) is 0.941. The average molecular weight is 295 g/mol. The number of nitrogens with two attached hydrogens (primary N) is 1. The molecule has 0 aromatic heterocycles. The summed E-state index contributed by atoms with van der Waals surface area (Å²) in [6.07, 6.45) is 11.9. The highest BCUT2D eigenvalue weighted by atomic mass is 16.1. The van der Waals surface area contributed by atoms with E-state index in [-0.39, 0.29) is 5.91 Å². The molecule has 2 rings (SSSR count). The Morgan fingerprint density at radius 2 is 1.95 bits per heavy atom. The molecule has 1 saturated carbocycles. The van der Waals surface area contributed by atoms with E-state index in [2.05, 4.69) is 17.1 Å². The summed E-state index contributed by atoms with van der Waals surface area (Å²) in [6.45, 7) is 4.71. The third-order valence-corrected chi connectivity index (χ3v) is 5.03. The molecule has 2 aliphatic rings. The van der Waals surface area contributed by atoms with Crippen molar-refractivity contribution in [1.29, 1.82) is 0 Å². The van der Waals surface area contributed by atoms with Crippen molar-refractivity contribution in [3.63, 3.8) is 0 Å². The van der Waals surface area contributed by atoms with Crippen LogP contribution in [0.4, 0.5) is 0 Å². The SMILES string of the molecule is CCCCC1CC(NC2CCCCC2)CN(CC(N)=O)C1. The standard InChI is InChI=1S/C17H33N3O/c1-2-3-7-14-10-16(12-20(11-14)13-17(18)21)19-15-8-5-4-6-9-15/h14-16,19H,2-13H2,1H3,(H2,18,21). The zero-order chi connectivity index (χ0) is 15.1. The summed E-state index contributed by atoms with van der Waals surface area (Å²) >= 11 is 0. The van der Waals surface area contributed by atoms with E-state index in [0.29, 0.717) is 18.6 Å². The molecule has 21 heavy (non-hydrogen) atoms. The average Bonchev–Trinajstić information content (AvgIpc) is 2.45. The Balaban J connectivity index is 1.86. The third-order valence-electron chi connectivity index (χ3n) is 5.03. The van der Waals surface area contributed by atoms with Gasteiger partial charge in [0.05, 0.1) is 6.54 Å². The van der Waals surface area contributed by atoms with Gasteiger partial charge in [-0.05, 0) is 31.6 Å². The number of amides is 1. The van der Waals surface area contributed by atoms with Gasteiger partial charge in [0.15, 0.2) is 0 Å². The largest absolute Gasteiger partial charge is 0.369 e. The van der Waals surface area contributed by atoms with Crippen LogP contribution < -0.4 is 11.1 Å². The Morgan fingerprint density at radius 3 is 2.62 bits per heavy atom. The van der Waals surface area contributed by atoms with Crippen LogP contribution in [-0.4, -0.2) is 42.5 Å². The van der Waals surface area contributed by atoms with Crippen molar-refractivity contribution in [2.45, 2.75) is 76.8 Å². The maximum Gasteiger partial charge on any atom is 0.231 e. The fourth-order valence-corrected chi connectivity index (χ4v) is 4.08. The molecule has 1 saturated heterocycles. The number of carbonyl (C=O) groups excluding carboxylic acids is 1. The van der Waals surface area contributed by atoms with Gasteiger partial charge in [-0.15, -0.1) is 0 Å². The minimum Gasteiger partial charge on any atom is -0.369 e. The first-order chi connectivity index (χ1) is 10.2. The number of rotatable bonds is 7. The van der Waals surface area contributed by atoms with Gasteiger partial charge in [-0.2, -0.15) is 0 Å². The summed E-state index contributed by atoms with van der Waals surface area (Å²) in [5.74, 6) is 0.529. The lowest BCUT2D eigenvalue weighted by Gasteiger charge is -2.40. The van der Waals surface area contributed by atoms with Crippen LogP contribution in [0.3, 0.4) is 0 Å². The van der Waals surface area contributed by atoms with E-state index < -0.39 is 0 Å². The highest BCUT2D eigenvalue weighted by molar-refractivity contribution is 5.75. The number of likely N-dealkylation sites (tertiary alicyclic amines) is 1. The summed E-state index contributed by atoms with van der Waals surface area (Å²) in [7, 11) is 0. The first-order valence-electron chi connectivity index (χ1n) is 8.94. The van der Waals surface area contributed by atoms with E-state index >= 15 is 0 Å². The van der Waals surface area contributed by atoms with Crippen LogP contribution >= 0.6 is 0 Å². The summed E-state index contributed by atoms with van der Waals surface area (Å²) < 4.78 is 0. The van der Waals surface area contributed by atoms with E-state index in [1.807, 2.05) is 0 Å². The first kappa shape index (κ1) is 16.8. The monoisotopic (exact) mass is 295 g/mol. The Kier molecular flexibility index (Phi) is 6.97. The molecule has 0 aromatic carbocycles. The van der Waals surface area contributed by atoms with Crippen LogP contribution in [0.25, 0.3) is 0 Å². The molecule has 3 N–H and O–H groups in total. The highest BCUT2D eigenvalue weighted by Crippen LogP contribution is 2.24. The maximum absolute atomic E-state index is 11.2. The molecular formula is C17H33N3O. The van der Waals surface area contributed by atoms with Gasteiger partial charge in [0.1, 0.15) is 0 Å². The number of carbonyl (C=O) groups is 1. The van der Waals surface area contributed by atoms with Crippen molar-refractivity contribution >= 4 is 5.91 Å². The molecule has 1 amide bonds. The summed E-state index contributed by atoms with van der Waals surface area (Å²) in [4.78, 5) is 13.5. The third kappa shape index (κ3) is 5.95. The van der Waals surface area contributed by atoms with Crippen LogP contribution in [-0.2, 0) is 4.79 Å². The van der Waals surface area contributed by atoms with Crippen LogP contribution in [0.15, 0.2) is 0 Å². The lowest BCUT2D eigenvalue weighted by atomic mass is 9.88. The first-order valence-corrected chi connectivity index (χ1v) is 8.94. The number of primary amides is 1. The molecule has 1 aliphatic heterocycles. The van der Waals surface area contributed by atoms with Gasteiger partial charge < -0.3 is 11.1 Å². The predicted octanol–water partition coefficient (Wildman–Crippen LogP) is 2.27. The molecule has 2 fully saturated rings. The Morgan fingerprint density at radius 1 is 1.19 bits per heavy atom. The quantitative estimate of drug-likeness (QED) is 0.757. The number of hydrogen-bond donors (Lipinski definition) is 2. The molecule has 1 heterocycles. The molecule has 1 aliphatic carbocycles. The minimum atomic E-state index is -0.192. The van der Waals surface area contributed by atoms with Gasteiger partial charge in [-0.25, -0.2) is 0 Å². The van der Waals surface area contributed by atoms with Gasteiger partial charge in [0.2, 0.25) is 5.91 Å². The van der Waals surface area contributed by atoms with E-state index in [4.69, 9.17) is 5.73 Å². The second-order valence-corrected chi connectivity index (χ2v) is 7.10. The van der Waals surface area contributed by atoms with Crippen molar-refractivity contribution < 1.29 is 4.79 Å². The van der Waals surface area contributed by atoms with Crippen molar-refractivity contribution in [2.75, 3.05) is 19.6 Å². The van der Waals surface area contributed by atoms with E-state index in [1.165, 1.54) is 57.8 Å².